The molecule has 0 atom stereocenters. The number of nitrogen functional groups attached to an aromatic ring is 1. The predicted octanol–water partition coefficient (Wildman–Crippen LogP) is 2.55. The van der Waals surface area contributed by atoms with E-state index >= 15 is 0 Å². The van der Waals surface area contributed by atoms with Gasteiger partial charge in [-0.05, 0) is 25.1 Å². The molecule has 0 unspecified atom stereocenters. The highest BCUT2D eigenvalue weighted by Crippen LogP contribution is 2.27. The minimum absolute atomic E-state index is 0.422. The first-order chi connectivity index (χ1) is 8.58. The Labute approximate surface area is 114 Å². The van der Waals surface area contributed by atoms with E-state index < -0.39 is 0 Å². The highest BCUT2D eigenvalue weighted by atomic mass is 35.5. The Kier molecular flexibility index (Phi) is 3.93. The topological polar surface area (TPSA) is 66.0 Å². The van der Waals surface area contributed by atoms with E-state index in [1.54, 1.807) is 22.9 Å². The maximum atomic E-state index is 5.98. The van der Waals surface area contributed by atoms with Crippen LogP contribution in [-0.4, -0.2) is 21.6 Å². The maximum absolute atomic E-state index is 5.98. The van der Waals surface area contributed by atoms with Crippen LogP contribution < -0.4 is 10.5 Å². The molecule has 0 aliphatic rings. The summed E-state index contributed by atoms with van der Waals surface area (Å²) in [7, 11) is 0. The maximum Gasteiger partial charge on any atom is 0.168 e. The first kappa shape index (κ1) is 13.0. The molecule has 0 amide bonds. The normalized spacial score (nSPS) is 10.6. The van der Waals surface area contributed by atoms with Crippen LogP contribution in [0, 0.1) is 6.92 Å². The largest absolute Gasteiger partial charge is 0.490 e. The van der Waals surface area contributed by atoms with Crippen molar-refractivity contribution in [1.29, 1.82) is 0 Å². The summed E-state index contributed by atoms with van der Waals surface area (Å²) in [6.07, 6.45) is 0. The lowest BCUT2D eigenvalue weighted by atomic mass is 10.3. The number of hydrogen-bond acceptors (Lipinski definition) is 4. The van der Waals surface area contributed by atoms with E-state index in [0.29, 0.717) is 34.8 Å². The Morgan fingerprint density at radius 2 is 2.17 bits per heavy atom. The van der Waals surface area contributed by atoms with Crippen molar-refractivity contribution in [2.24, 2.45) is 0 Å². The lowest BCUT2D eigenvalue weighted by molar-refractivity contribution is 0.288. The van der Waals surface area contributed by atoms with Gasteiger partial charge in [-0.25, -0.2) is 4.68 Å². The van der Waals surface area contributed by atoms with Crippen LogP contribution in [0.3, 0.4) is 0 Å². The van der Waals surface area contributed by atoms with E-state index in [4.69, 9.17) is 33.7 Å². The first-order valence-electron chi connectivity index (χ1n) is 5.31. The fourth-order valence-corrected chi connectivity index (χ4v) is 1.88. The molecule has 2 rings (SSSR count). The molecule has 0 aliphatic heterocycles. The summed E-state index contributed by atoms with van der Waals surface area (Å²) in [5.74, 6) is 1.02. The summed E-state index contributed by atoms with van der Waals surface area (Å²) in [5, 5.41) is 8.71. The number of nitrogens with two attached hydrogens (primary N) is 1. The van der Waals surface area contributed by atoms with Crippen molar-refractivity contribution >= 4 is 29.0 Å². The number of aromatic nitrogens is 3. The van der Waals surface area contributed by atoms with E-state index in [1.165, 1.54) is 0 Å². The van der Waals surface area contributed by atoms with Crippen molar-refractivity contribution in [3.63, 3.8) is 0 Å². The van der Waals surface area contributed by atoms with Crippen molar-refractivity contribution in [3.8, 4) is 5.75 Å². The van der Waals surface area contributed by atoms with Crippen molar-refractivity contribution in [2.45, 2.75) is 13.5 Å². The fraction of sp³-hybridized carbons (Fsp3) is 0.273. The Morgan fingerprint density at radius 3 is 2.78 bits per heavy atom. The SMILES string of the molecule is Cc1c(N)nnn1CCOc1ccc(Cl)cc1Cl. The van der Waals surface area contributed by atoms with Gasteiger partial charge in [-0.3, -0.25) is 0 Å². The summed E-state index contributed by atoms with van der Waals surface area (Å²) >= 11 is 11.8. The molecule has 7 heteroatoms. The van der Waals surface area contributed by atoms with Gasteiger partial charge in [0.05, 0.1) is 17.3 Å². The van der Waals surface area contributed by atoms with E-state index in [0.717, 1.165) is 5.69 Å². The van der Waals surface area contributed by atoms with Crippen LogP contribution in [0.25, 0.3) is 0 Å². The third-order valence-electron chi connectivity index (χ3n) is 2.47. The molecular weight excluding hydrogens is 275 g/mol. The average Bonchev–Trinajstić information content (AvgIpc) is 2.64. The monoisotopic (exact) mass is 286 g/mol. The van der Waals surface area contributed by atoms with Crippen LogP contribution in [-0.2, 0) is 6.54 Å². The van der Waals surface area contributed by atoms with Crippen molar-refractivity contribution in [2.75, 3.05) is 12.3 Å². The molecule has 1 aromatic heterocycles. The number of anilines is 1. The zero-order valence-corrected chi connectivity index (χ0v) is 11.2. The van der Waals surface area contributed by atoms with Crippen molar-refractivity contribution in [1.82, 2.24) is 15.0 Å². The molecule has 0 fully saturated rings. The van der Waals surface area contributed by atoms with Gasteiger partial charge in [0, 0.05) is 5.02 Å². The van der Waals surface area contributed by atoms with Gasteiger partial charge < -0.3 is 10.5 Å². The van der Waals surface area contributed by atoms with Crippen LogP contribution in [0.5, 0.6) is 5.75 Å². The minimum Gasteiger partial charge on any atom is -0.490 e. The third-order valence-corrected chi connectivity index (χ3v) is 3.00. The Hall–Kier alpha value is -1.46. The quantitative estimate of drug-likeness (QED) is 0.938. The first-order valence-corrected chi connectivity index (χ1v) is 6.07. The van der Waals surface area contributed by atoms with Gasteiger partial charge in [0.1, 0.15) is 12.4 Å². The summed E-state index contributed by atoms with van der Waals surface area (Å²) in [5.41, 5.74) is 6.41. The molecule has 0 saturated heterocycles. The zero-order chi connectivity index (χ0) is 13.1. The number of rotatable bonds is 4. The summed E-state index contributed by atoms with van der Waals surface area (Å²) in [4.78, 5) is 0. The van der Waals surface area contributed by atoms with Gasteiger partial charge >= 0.3 is 0 Å². The zero-order valence-electron chi connectivity index (χ0n) is 9.73. The van der Waals surface area contributed by atoms with Crippen molar-refractivity contribution < 1.29 is 4.74 Å². The molecule has 1 heterocycles. The fourth-order valence-electron chi connectivity index (χ4n) is 1.42. The standard InChI is InChI=1S/C11H12Cl2N4O/c1-7-11(14)15-16-17(7)4-5-18-10-3-2-8(12)6-9(10)13/h2-3,6H,4-5,14H2,1H3. The molecule has 2 aromatic rings. The smallest absolute Gasteiger partial charge is 0.168 e. The van der Waals surface area contributed by atoms with Crippen LogP contribution in [0.1, 0.15) is 5.69 Å². The Morgan fingerprint density at radius 1 is 1.39 bits per heavy atom. The molecule has 96 valence electrons. The van der Waals surface area contributed by atoms with Gasteiger partial charge in [-0.15, -0.1) is 5.10 Å². The van der Waals surface area contributed by atoms with Gasteiger partial charge in [-0.2, -0.15) is 0 Å². The Bertz CT molecular complexity index is 556. The predicted molar refractivity (Wildman–Crippen MR) is 71.1 cm³/mol. The van der Waals surface area contributed by atoms with Crippen LogP contribution >= 0.6 is 23.2 Å². The summed E-state index contributed by atoms with van der Waals surface area (Å²) < 4.78 is 7.22. The number of hydrogen-bond donors (Lipinski definition) is 1. The van der Waals surface area contributed by atoms with E-state index in [2.05, 4.69) is 10.3 Å². The van der Waals surface area contributed by atoms with Gasteiger partial charge in [0.15, 0.2) is 5.82 Å². The lowest BCUT2D eigenvalue weighted by Crippen LogP contribution is -2.11. The highest BCUT2D eigenvalue weighted by Gasteiger charge is 2.06. The molecule has 0 saturated carbocycles. The molecule has 18 heavy (non-hydrogen) atoms. The number of nitrogens with zero attached hydrogens (tertiary/aromatic N) is 3. The van der Waals surface area contributed by atoms with E-state index in [9.17, 15) is 0 Å². The van der Waals surface area contributed by atoms with Crippen LogP contribution in [0.4, 0.5) is 5.82 Å². The molecule has 0 bridgehead atoms. The van der Waals surface area contributed by atoms with E-state index in [1.807, 2.05) is 6.92 Å². The molecule has 2 N–H and O–H groups in total. The lowest BCUT2D eigenvalue weighted by Gasteiger charge is -2.08. The molecular formula is C11H12Cl2N4O. The molecule has 0 spiro atoms. The minimum atomic E-state index is 0.422. The van der Waals surface area contributed by atoms with Crippen LogP contribution in [0.2, 0.25) is 10.0 Å². The molecule has 0 aliphatic carbocycles. The Balaban J connectivity index is 1.94. The second-order valence-corrected chi connectivity index (χ2v) is 4.55. The second kappa shape index (κ2) is 5.46. The highest BCUT2D eigenvalue weighted by molar-refractivity contribution is 6.35. The average molecular weight is 287 g/mol. The second-order valence-electron chi connectivity index (χ2n) is 3.71. The molecule has 1 aromatic carbocycles. The van der Waals surface area contributed by atoms with Gasteiger partial charge in [-0.1, -0.05) is 28.4 Å². The van der Waals surface area contributed by atoms with Gasteiger partial charge in [0.25, 0.3) is 0 Å². The summed E-state index contributed by atoms with van der Waals surface area (Å²) in [6, 6.07) is 5.09. The number of halogens is 2. The van der Waals surface area contributed by atoms with E-state index in [-0.39, 0.29) is 0 Å². The number of ether oxygens (including phenoxy) is 1. The molecule has 0 radical (unpaired) electrons. The number of benzene rings is 1. The van der Waals surface area contributed by atoms with Crippen LogP contribution in [0.15, 0.2) is 18.2 Å². The molecule has 5 nitrogen and oxygen atoms in total. The summed E-state index contributed by atoms with van der Waals surface area (Å²) in [6.45, 7) is 2.82. The third kappa shape index (κ3) is 2.86. The van der Waals surface area contributed by atoms with Gasteiger partial charge in [0.2, 0.25) is 0 Å². The van der Waals surface area contributed by atoms with Crippen molar-refractivity contribution in [3.05, 3.63) is 33.9 Å².